The van der Waals surface area contributed by atoms with Crippen LogP contribution in [0.1, 0.15) is 66.2 Å². The zero-order valence-corrected chi connectivity index (χ0v) is 12.1. The molecule has 0 aliphatic carbocycles. The third kappa shape index (κ3) is 8.20. The van der Waals surface area contributed by atoms with Crippen molar-refractivity contribution in [2.24, 2.45) is 17.0 Å². The minimum atomic E-state index is -0.707. The molecule has 18 heavy (non-hydrogen) atoms. The largest absolute Gasteiger partial charge is 0.481 e. The molecule has 4 nitrogen and oxygen atoms in total. The van der Waals surface area contributed by atoms with Gasteiger partial charge in [-0.15, -0.1) is 0 Å². The van der Waals surface area contributed by atoms with E-state index >= 15 is 0 Å². The first-order valence-electron chi connectivity index (χ1n) is 6.86. The highest BCUT2D eigenvalue weighted by Gasteiger charge is 2.18. The first-order valence-corrected chi connectivity index (χ1v) is 6.86. The Bertz CT molecular complexity index is 264. The molecule has 0 heterocycles. The van der Waals surface area contributed by atoms with Crippen LogP contribution in [0.15, 0.2) is 5.18 Å². The molecule has 0 amide bonds. The molecular formula is C14H27NO3. The Kier molecular flexibility index (Phi) is 7.80. The predicted octanol–water partition coefficient (Wildman–Crippen LogP) is 4.23. The van der Waals surface area contributed by atoms with Crippen molar-refractivity contribution < 1.29 is 9.90 Å². The number of rotatable bonds is 10. The Morgan fingerprint density at radius 2 is 1.72 bits per heavy atom. The summed E-state index contributed by atoms with van der Waals surface area (Å²) in [4.78, 5) is 21.2. The Hall–Kier alpha value is -0.930. The van der Waals surface area contributed by atoms with Crippen LogP contribution in [0.4, 0.5) is 0 Å². The van der Waals surface area contributed by atoms with E-state index in [1.807, 2.05) is 13.8 Å². The maximum Gasteiger partial charge on any atom is 0.306 e. The normalized spacial score (nSPS) is 15.1. The number of carboxylic acid groups (broad SMARTS) is 1. The van der Waals surface area contributed by atoms with Crippen LogP contribution in [-0.4, -0.2) is 16.6 Å². The molecule has 2 atom stereocenters. The van der Waals surface area contributed by atoms with E-state index in [9.17, 15) is 9.70 Å². The topological polar surface area (TPSA) is 66.7 Å². The van der Waals surface area contributed by atoms with E-state index in [1.165, 1.54) is 0 Å². The van der Waals surface area contributed by atoms with Crippen molar-refractivity contribution in [2.45, 2.75) is 71.8 Å². The first-order chi connectivity index (χ1) is 8.28. The molecule has 1 N–H and O–H groups in total. The van der Waals surface area contributed by atoms with Crippen molar-refractivity contribution in [3.05, 3.63) is 4.91 Å². The van der Waals surface area contributed by atoms with Gasteiger partial charge in [-0.05, 0) is 32.6 Å². The zero-order chi connectivity index (χ0) is 14.2. The summed E-state index contributed by atoms with van der Waals surface area (Å²) in [6.07, 6.45) is 5.69. The second-order valence-electron chi connectivity index (χ2n) is 6.07. The summed E-state index contributed by atoms with van der Waals surface area (Å²) in [5.41, 5.74) is -0.447. The van der Waals surface area contributed by atoms with Gasteiger partial charge in [0.2, 0.25) is 0 Å². The molecule has 0 saturated heterocycles. The van der Waals surface area contributed by atoms with Crippen molar-refractivity contribution >= 4 is 5.97 Å². The smallest absolute Gasteiger partial charge is 0.306 e. The molecule has 4 heteroatoms. The van der Waals surface area contributed by atoms with Gasteiger partial charge >= 0.3 is 5.97 Å². The molecule has 0 aromatic rings. The number of nitrogens with zero attached hydrogens (tertiary/aromatic N) is 1. The summed E-state index contributed by atoms with van der Waals surface area (Å²) < 4.78 is 0. The van der Waals surface area contributed by atoms with Gasteiger partial charge in [0.15, 0.2) is 0 Å². The standard InChI is InChI=1S/C14H27NO3/c1-11(7-5-9-12(2)13(16)17)8-6-10-14(3,4)15-18/h11-12H,5-10H2,1-4H3,(H,16,17). The van der Waals surface area contributed by atoms with Crippen molar-refractivity contribution in [3.63, 3.8) is 0 Å². The van der Waals surface area contributed by atoms with Gasteiger partial charge in [0.05, 0.1) is 11.5 Å². The van der Waals surface area contributed by atoms with Gasteiger partial charge in [-0.25, -0.2) is 0 Å². The molecule has 0 saturated carbocycles. The summed E-state index contributed by atoms with van der Waals surface area (Å²) in [7, 11) is 0. The molecule has 0 bridgehead atoms. The summed E-state index contributed by atoms with van der Waals surface area (Å²) in [5.74, 6) is -0.356. The van der Waals surface area contributed by atoms with Gasteiger partial charge in [-0.3, -0.25) is 4.79 Å². The van der Waals surface area contributed by atoms with E-state index in [0.29, 0.717) is 5.92 Å². The van der Waals surface area contributed by atoms with Crippen LogP contribution >= 0.6 is 0 Å². The highest BCUT2D eigenvalue weighted by atomic mass is 16.4. The Morgan fingerprint density at radius 1 is 1.17 bits per heavy atom. The third-order valence-corrected chi connectivity index (χ3v) is 3.49. The molecular weight excluding hydrogens is 230 g/mol. The Balaban J connectivity index is 3.63. The third-order valence-electron chi connectivity index (χ3n) is 3.49. The van der Waals surface area contributed by atoms with E-state index in [2.05, 4.69) is 12.1 Å². The van der Waals surface area contributed by atoms with Gasteiger partial charge in [0, 0.05) is 0 Å². The lowest BCUT2D eigenvalue weighted by atomic mass is 9.91. The molecule has 0 aromatic heterocycles. The zero-order valence-electron chi connectivity index (χ0n) is 12.1. The molecule has 106 valence electrons. The van der Waals surface area contributed by atoms with Gasteiger partial charge in [0.25, 0.3) is 0 Å². The maximum absolute atomic E-state index is 10.7. The van der Waals surface area contributed by atoms with Crippen LogP contribution in [-0.2, 0) is 4.79 Å². The van der Waals surface area contributed by atoms with Gasteiger partial charge in [-0.2, -0.15) is 4.91 Å². The van der Waals surface area contributed by atoms with Crippen LogP contribution in [0.25, 0.3) is 0 Å². The van der Waals surface area contributed by atoms with E-state index in [1.54, 1.807) is 6.92 Å². The van der Waals surface area contributed by atoms with E-state index < -0.39 is 11.5 Å². The van der Waals surface area contributed by atoms with Gasteiger partial charge in [0.1, 0.15) is 0 Å². The number of nitroso groups, excluding NO2 is 1. The van der Waals surface area contributed by atoms with Crippen LogP contribution in [0.5, 0.6) is 0 Å². The summed E-state index contributed by atoms with van der Waals surface area (Å²) in [6.45, 7) is 7.66. The second kappa shape index (κ2) is 8.22. The van der Waals surface area contributed by atoms with Crippen molar-refractivity contribution in [1.82, 2.24) is 0 Å². The summed E-state index contributed by atoms with van der Waals surface area (Å²) >= 11 is 0. The lowest BCUT2D eigenvalue weighted by Crippen LogP contribution is -2.15. The minimum absolute atomic E-state index is 0.240. The molecule has 0 rings (SSSR count). The Morgan fingerprint density at radius 3 is 2.22 bits per heavy atom. The van der Waals surface area contributed by atoms with Crippen LogP contribution < -0.4 is 0 Å². The average Bonchev–Trinajstić information content (AvgIpc) is 2.28. The minimum Gasteiger partial charge on any atom is -0.481 e. The maximum atomic E-state index is 10.7. The lowest BCUT2D eigenvalue weighted by molar-refractivity contribution is -0.141. The van der Waals surface area contributed by atoms with E-state index in [0.717, 1.165) is 38.5 Å². The predicted molar refractivity (Wildman–Crippen MR) is 73.5 cm³/mol. The highest BCUT2D eigenvalue weighted by molar-refractivity contribution is 5.69. The number of carboxylic acids is 1. The fourth-order valence-electron chi connectivity index (χ4n) is 1.97. The van der Waals surface area contributed by atoms with E-state index in [-0.39, 0.29) is 5.92 Å². The first kappa shape index (κ1) is 17.1. The Labute approximate surface area is 110 Å². The second-order valence-corrected chi connectivity index (χ2v) is 6.07. The lowest BCUT2D eigenvalue weighted by Gasteiger charge is -2.17. The van der Waals surface area contributed by atoms with Crippen molar-refractivity contribution in [3.8, 4) is 0 Å². The number of hydrogen-bond donors (Lipinski definition) is 1. The number of aliphatic carboxylic acids is 1. The molecule has 0 fully saturated rings. The fraction of sp³-hybridized carbons (Fsp3) is 0.929. The average molecular weight is 257 g/mol. The SMILES string of the molecule is CC(CCCC(C)C(=O)O)CCCC(C)(C)N=O. The van der Waals surface area contributed by atoms with Crippen molar-refractivity contribution in [1.29, 1.82) is 0 Å². The monoisotopic (exact) mass is 257 g/mol. The highest BCUT2D eigenvalue weighted by Crippen LogP contribution is 2.22. The van der Waals surface area contributed by atoms with Crippen LogP contribution in [0, 0.1) is 16.7 Å². The summed E-state index contributed by atoms with van der Waals surface area (Å²) in [6, 6.07) is 0. The van der Waals surface area contributed by atoms with E-state index in [4.69, 9.17) is 5.11 Å². The van der Waals surface area contributed by atoms with Crippen LogP contribution in [0.3, 0.4) is 0 Å². The fourth-order valence-corrected chi connectivity index (χ4v) is 1.97. The molecule has 0 spiro atoms. The van der Waals surface area contributed by atoms with Gasteiger partial charge in [-0.1, -0.05) is 44.7 Å². The number of hydrogen-bond acceptors (Lipinski definition) is 3. The molecule has 0 aliphatic rings. The molecule has 0 radical (unpaired) electrons. The molecule has 0 aromatic carbocycles. The molecule has 2 unspecified atom stereocenters. The van der Waals surface area contributed by atoms with Crippen molar-refractivity contribution in [2.75, 3.05) is 0 Å². The quantitative estimate of drug-likeness (QED) is 0.595. The summed E-state index contributed by atoms with van der Waals surface area (Å²) in [5, 5.41) is 11.9. The number of carbonyl (C=O) groups is 1. The van der Waals surface area contributed by atoms with Crippen LogP contribution in [0.2, 0.25) is 0 Å². The van der Waals surface area contributed by atoms with Gasteiger partial charge < -0.3 is 5.11 Å². The molecule has 0 aliphatic heterocycles.